The van der Waals surface area contributed by atoms with Gasteiger partial charge in [-0.25, -0.2) is 4.98 Å². The standard InChI is InChI=1S/C17H22N4O2/c22-16-3-1-2-8-20(16)12-11-19-9-5-15(6-10-19)13-21-14-18-7-4-17(21)23/h1-4,7-8,14-15H,5-6,9-13H2. The smallest absolute Gasteiger partial charge is 0.253 e. The molecule has 0 bridgehead atoms. The Labute approximate surface area is 135 Å². The highest BCUT2D eigenvalue weighted by atomic mass is 16.1. The van der Waals surface area contributed by atoms with E-state index in [2.05, 4.69) is 9.88 Å². The van der Waals surface area contributed by atoms with Crippen molar-refractivity contribution in [2.45, 2.75) is 25.9 Å². The maximum atomic E-state index is 11.7. The Balaban J connectivity index is 1.47. The highest BCUT2D eigenvalue weighted by molar-refractivity contribution is 4.93. The highest BCUT2D eigenvalue weighted by Crippen LogP contribution is 2.18. The van der Waals surface area contributed by atoms with E-state index in [9.17, 15) is 9.59 Å². The summed E-state index contributed by atoms with van der Waals surface area (Å²) < 4.78 is 3.45. The summed E-state index contributed by atoms with van der Waals surface area (Å²) in [5.74, 6) is 0.521. The molecule has 2 aromatic heterocycles. The maximum absolute atomic E-state index is 11.7. The molecule has 0 radical (unpaired) electrons. The molecule has 1 aliphatic heterocycles. The molecule has 0 N–H and O–H groups in total. The molecule has 0 spiro atoms. The molecule has 3 rings (SSSR count). The molecular formula is C17H22N4O2. The molecule has 0 saturated carbocycles. The molecule has 1 saturated heterocycles. The van der Waals surface area contributed by atoms with Crippen molar-refractivity contribution in [2.75, 3.05) is 19.6 Å². The Hall–Kier alpha value is -2.21. The van der Waals surface area contributed by atoms with Crippen LogP contribution in [0.3, 0.4) is 0 Å². The first kappa shape index (κ1) is 15.7. The van der Waals surface area contributed by atoms with Gasteiger partial charge in [0.1, 0.15) is 0 Å². The van der Waals surface area contributed by atoms with E-state index in [1.165, 1.54) is 12.3 Å². The molecule has 0 aromatic carbocycles. The number of likely N-dealkylation sites (tertiary alicyclic amines) is 1. The fraction of sp³-hybridized carbons (Fsp3) is 0.471. The van der Waals surface area contributed by atoms with Gasteiger partial charge in [-0.1, -0.05) is 6.07 Å². The van der Waals surface area contributed by atoms with Gasteiger partial charge in [0.15, 0.2) is 0 Å². The number of rotatable bonds is 5. The van der Waals surface area contributed by atoms with E-state index in [-0.39, 0.29) is 11.1 Å². The molecule has 1 fully saturated rings. The molecule has 122 valence electrons. The Morgan fingerprint density at radius 2 is 1.78 bits per heavy atom. The summed E-state index contributed by atoms with van der Waals surface area (Å²) in [6.45, 7) is 4.40. The number of aromatic nitrogens is 3. The molecule has 0 atom stereocenters. The lowest BCUT2D eigenvalue weighted by atomic mass is 9.97. The minimum Gasteiger partial charge on any atom is -0.314 e. The summed E-state index contributed by atoms with van der Waals surface area (Å²) in [6, 6.07) is 6.76. The lowest BCUT2D eigenvalue weighted by Gasteiger charge is -2.32. The van der Waals surface area contributed by atoms with E-state index >= 15 is 0 Å². The minimum absolute atomic E-state index is 0.0193. The second-order valence-electron chi connectivity index (χ2n) is 6.09. The maximum Gasteiger partial charge on any atom is 0.253 e. The van der Waals surface area contributed by atoms with Gasteiger partial charge < -0.3 is 9.47 Å². The Morgan fingerprint density at radius 3 is 2.52 bits per heavy atom. The second kappa shape index (κ2) is 7.37. The number of hydrogen-bond acceptors (Lipinski definition) is 4. The average Bonchev–Trinajstić information content (AvgIpc) is 2.57. The molecule has 23 heavy (non-hydrogen) atoms. The Bertz CT molecular complexity index is 744. The molecule has 3 heterocycles. The first-order valence-corrected chi connectivity index (χ1v) is 8.10. The van der Waals surface area contributed by atoms with Gasteiger partial charge >= 0.3 is 0 Å². The number of pyridine rings is 1. The summed E-state index contributed by atoms with van der Waals surface area (Å²) in [6.07, 6.45) is 7.14. The van der Waals surface area contributed by atoms with E-state index < -0.39 is 0 Å². The number of hydrogen-bond donors (Lipinski definition) is 0. The van der Waals surface area contributed by atoms with Gasteiger partial charge in [-0.15, -0.1) is 0 Å². The van der Waals surface area contributed by atoms with E-state index in [0.29, 0.717) is 5.92 Å². The fourth-order valence-corrected chi connectivity index (χ4v) is 3.08. The zero-order chi connectivity index (χ0) is 16.1. The molecule has 6 heteroatoms. The van der Waals surface area contributed by atoms with Gasteiger partial charge in [-0.2, -0.15) is 0 Å². The number of piperidine rings is 1. The minimum atomic E-state index is 0.0193. The van der Waals surface area contributed by atoms with E-state index in [0.717, 1.165) is 45.6 Å². The van der Waals surface area contributed by atoms with Crippen molar-refractivity contribution in [2.24, 2.45) is 5.92 Å². The van der Waals surface area contributed by atoms with E-state index in [1.54, 1.807) is 27.6 Å². The zero-order valence-electron chi connectivity index (χ0n) is 13.2. The van der Waals surface area contributed by atoms with E-state index in [1.807, 2.05) is 12.3 Å². The highest BCUT2D eigenvalue weighted by Gasteiger charge is 2.19. The van der Waals surface area contributed by atoms with Crippen molar-refractivity contribution in [3.63, 3.8) is 0 Å². The van der Waals surface area contributed by atoms with Gasteiger partial charge in [0.25, 0.3) is 11.1 Å². The van der Waals surface area contributed by atoms with Crippen LogP contribution >= 0.6 is 0 Å². The van der Waals surface area contributed by atoms with Crippen LogP contribution in [0.5, 0.6) is 0 Å². The van der Waals surface area contributed by atoms with Crippen molar-refractivity contribution in [1.82, 2.24) is 19.0 Å². The number of nitrogens with zero attached hydrogens (tertiary/aromatic N) is 4. The van der Waals surface area contributed by atoms with Crippen LogP contribution in [0, 0.1) is 5.92 Å². The first-order chi connectivity index (χ1) is 11.2. The van der Waals surface area contributed by atoms with Crippen LogP contribution in [0.15, 0.2) is 52.6 Å². The monoisotopic (exact) mass is 314 g/mol. The fourth-order valence-electron chi connectivity index (χ4n) is 3.08. The predicted octanol–water partition coefficient (Wildman–Crippen LogP) is 0.817. The molecule has 0 amide bonds. The third kappa shape index (κ3) is 4.16. The van der Waals surface area contributed by atoms with Crippen molar-refractivity contribution >= 4 is 0 Å². The molecule has 0 aliphatic carbocycles. The van der Waals surface area contributed by atoms with E-state index in [4.69, 9.17) is 0 Å². The van der Waals surface area contributed by atoms with Gasteiger partial charge in [-0.05, 0) is 37.9 Å². The van der Waals surface area contributed by atoms with Gasteiger partial charge in [0, 0.05) is 44.2 Å². The normalized spacial score (nSPS) is 16.5. The molecule has 0 unspecified atom stereocenters. The van der Waals surface area contributed by atoms with Crippen molar-refractivity contribution in [1.29, 1.82) is 0 Å². The van der Waals surface area contributed by atoms with Gasteiger partial charge in [0.05, 0.1) is 6.33 Å². The van der Waals surface area contributed by atoms with Crippen LogP contribution in [0.4, 0.5) is 0 Å². The topological polar surface area (TPSA) is 60.1 Å². The SMILES string of the molecule is O=c1ccccn1CCN1CCC(Cn2cnccc2=O)CC1. The van der Waals surface area contributed by atoms with Crippen LogP contribution in [-0.4, -0.2) is 38.7 Å². The molecule has 6 nitrogen and oxygen atoms in total. The summed E-state index contributed by atoms with van der Waals surface area (Å²) in [5, 5.41) is 0. The van der Waals surface area contributed by atoms with Crippen molar-refractivity contribution < 1.29 is 0 Å². The van der Waals surface area contributed by atoms with Gasteiger partial charge in [-0.3, -0.25) is 14.2 Å². The van der Waals surface area contributed by atoms with Crippen LogP contribution < -0.4 is 11.1 Å². The Kier molecular flexibility index (Phi) is 5.02. The summed E-state index contributed by atoms with van der Waals surface area (Å²) >= 11 is 0. The van der Waals surface area contributed by atoms with Crippen LogP contribution in [0.25, 0.3) is 0 Å². The molecular weight excluding hydrogens is 292 g/mol. The van der Waals surface area contributed by atoms with Crippen LogP contribution in [-0.2, 0) is 13.1 Å². The third-order valence-corrected chi connectivity index (χ3v) is 4.51. The predicted molar refractivity (Wildman–Crippen MR) is 88.4 cm³/mol. The summed E-state index contributed by atoms with van der Waals surface area (Å²) in [7, 11) is 0. The lowest BCUT2D eigenvalue weighted by Crippen LogP contribution is -2.38. The zero-order valence-corrected chi connectivity index (χ0v) is 13.2. The average molecular weight is 314 g/mol. The van der Waals surface area contributed by atoms with Crippen molar-refractivity contribution in [3.05, 3.63) is 63.7 Å². The summed E-state index contributed by atoms with van der Waals surface area (Å²) in [4.78, 5) is 29.8. The molecule has 1 aliphatic rings. The summed E-state index contributed by atoms with van der Waals surface area (Å²) in [5.41, 5.74) is 0.0734. The second-order valence-corrected chi connectivity index (χ2v) is 6.09. The quantitative estimate of drug-likeness (QED) is 0.820. The van der Waals surface area contributed by atoms with Gasteiger partial charge in [0.2, 0.25) is 0 Å². The lowest BCUT2D eigenvalue weighted by molar-refractivity contribution is 0.167. The first-order valence-electron chi connectivity index (χ1n) is 8.10. The third-order valence-electron chi connectivity index (χ3n) is 4.51. The molecule has 2 aromatic rings. The van der Waals surface area contributed by atoms with Crippen LogP contribution in [0.1, 0.15) is 12.8 Å². The van der Waals surface area contributed by atoms with Crippen LogP contribution in [0.2, 0.25) is 0 Å². The van der Waals surface area contributed by atoms with Crippen molar-refractivity contribution in [3.8, 4) is 0 Å². The Morgan fingerprint density at radius 1 is 1.00 bits per heavy atom. The largest absolute Gasteiger partial charge is 0.314 e.